The van der Waals surface area contributed by atoms with Crippen LogP contribution in [0.5, 0.6) is 0 Å². The lowest BCUT2D eigenvalue weighted by Gasteiger charge is -2.19. The van der Waals surface area contributed by atoms with E-state index in [1.807, 2.05) is 0 Å². The van der Waals surface area contributed by atoms with Crippen LogP contribution < -0.4 is 37.6 Å². The number of rotatable bonds is 18. The topological polar surface area (TPSA) is 221 Å². The van der Waals surface area contributed by atoms with Crippen LogP contribution in [0, 0.1) is 0 Å². The molecule has 0 radical (unpaired) electrons. The van der Waals surface area contributed by atoms with Crippen molar-refractivity contribution >= 4 is 63.1 Å². The number of carbonyl (C=O) groups excluding carboxylic acids is 5. The number of anilines is 2. The average molecular weight is 627 g/mol. The molecule has 1 rings (SSSR count). The van der Waals surface area contributed by atoms with Crippen molar-refractivity contribution in [2.75, 3.05) is 35.6 Å². The molecule has 0 aliphatic heterocycles. The molecule has 7 amide bonds. The summed E-state index contributed by atoms with van der Waals surface area (Å²) in [6, 6.07) is 4.21. The zero-order chi connectivity index (χ0) is 29.9. The lowest BCUT2D eigenvalue weighted by Crippen LogP contribution is -2.47. The number of nitrogens with one attached hydrogen (secondary N) is 6. The third-order valence-electron chi connectivity index (χ3n) is 5.32. The second-order valence-corrected chi connectivity index (χ2v) is 9.19. The van der Waals surface area contributed by atoms with Crippen molar-refractivity contribution < 1.29 is 33.9 Å². The van der Waals surface area contributed by atoms with Gasteiger partial charge in [-0.15, -0.1) is 0 Å². The van der Waals surface area contributed by atoms with Gasteiger partial charge in [0.2, 0.25) is 23.6 Å². The minimum Gasteiger partial charge on any atom is -0.465 e. The van der Waals surface area contributed by atoms with Crippen molar-refractivity contribution in [2.24, 2.45) is 5.73 Å². The molecule has 220 valence electrons. The molecule has 9 N–H and O–H groups in total. The van der Waals surface area contributed by atoms with Crippen molar-refractivity contribution in [3.8, 4) is 0 Å². The van der Waals surface area contributed by atoms with Gasteiger partial charge in [-0.1, -0.05) is 28.9 Å². The molecular formula is C25H36BrN7O7. The minimum absolute atomic E-state index is 0.171. The Kier molecular flexibility index (Phi) is 16.1. The molecule has 1 aromatic carbocycles. The highest BCUT2D eigenvalue weighted by Gasteiger charge is 2.21. The van der Waals surface area contributed by atoms with Crippen LogP contribution in [0.2, 0.25) is 0 Å². The van der Waals surface area contributed by atoms with Crippen LogP contribution in [0.1, 0.15) is 38.5 Å². The molecule has 0 aliphatic rings. The van der Waals surface area contributed by atoms with E-state index in [1.165, 1.54) is 24.3 Å². The lowest BCUT2D eigenvalue weighted by atomic mass is 10.1. The predicted molar refractivity (Wildman–Crippen MR) is 153 cm³/mol. The highest BCUT2D eigenvalue weighted by molar-refractivity contribution is 9.09. The number of urea groups is 1. The van der Waals surface area contributed by atoms with Gasteiger partial charge in [-0.05, 0) is 49.9 Å². The van der Waals surface area contributed by atoms with Gasteiger partial charge < -0.3 is 37.4 Å². The van der Waals surface area contributed by atoms with Crippen LogP contribution in [0.4, 0.5) is 21.0 Å². The summed E-state index contributed by atoms with van der Waals surface area (Å²) in [6.45, 7) is 3.95. The quantitative estimate of drug-likeness (QED) is 0.0679. The number of unbranched alkanes of at least 4 members (excludes halogenated alkanes) is 2. The third kappa shape index (κ3) is 15.3. The highest BCUT2D eigenvalue weighted by atomic mass is 79.9. The molecule has 0 heterocycles. The Morgan fingerprint density at radius 3 is 2.08 bits per heavy atom. The number of nitrogens with two attached hydrogens (primary N) is 1. The third-order valence-corrected chi connectivity index (χ3v) is 6.00. The Labute approximate surface area is 240 Å². The Bertz CT molecular complexity index is 1050. The van der Waals surface area contributed by atoms with Gasteiger partial charge in [-0.25, -0.2) is 9.59 Å². The Morgan fingerprint density at radius 1 is 0.850 bits per heavy atom. The summed E-state index contributed by atoms with van der Waals surface area (Å²) >= 11 is 3.16. The minimum atomic E-state index is -1.23. The normalized spacial score (nSPS) is 10.9. The van der Waals surface area contributed by atoms with Gasteiger partial charge in [0.15, 0.2) is 0 Å². The zero-order valence-electron chi connectivity index (χ0n) is 22.0. The summed E-state index contributed by atoms with van der Waals surface area (Å²) in [5, 5.41) is 24.2. The molecule has 1 unspecified atom stereocenters. The van der Waals surface area contributed by atoms with E-state index >= 15 is 0 Å². The van der Waals surface area contributed by atoms with E-state index in [4.69, 9.17) is 10.8 Å². The van der Waals surface area contributed by atoms with Gasteiger partial charge >= 0.3 is 12.1 Å². The first-order valence-corrected chi connectivity index (χ1v) is 13.7. The van der Waals surface area contributed by atoms with E-state index in [9.17, 15) is 28.8 Å². The fourth-order valence-electron chi connectivity index (χ4n) is 3.26. The molecule has 14 nitrogen and oxygen atoms in total. The van der Waals surface area contributed by atoms with E-state index in [1.54, 1.807) is 0 Å². The van der Waals surface area contributed by atoms with Gasteiger partial charge in [-0.2, -0.15) is 0 Å². The molecule has 0 aliphatic carbocycles. The lowest BCUT2D eigenvalue weighted by molar-refractivity contribution is -0.128. The summed E-state index contributed by atoms with van der Waals surface area (Å²) in [5.74, 6) is -1.66. The number of benzene rings is 1. The van der Waals surface area contributed by atoms with E-state index in [0.717, 1.165) is 0 Å². The zero-order valence-corrected chi connectivity index (χ0v) is 23.6. The number of carboxylic acid groups (broad SMARTS) is 1. The molecule has 1 aromatic rings. The number of hydrogen-bond donors (Lipinski definition) is 8. The second kappa shape index (κ2) is 19.0. The number of hydrogen-bond acceptors (Lipinski definition) is 6. The van der Waals surface area contributed by atoms with Crippen LogP contribution in [0.25, 0.3) is 0 Å². The molecule has 0 spiro atoms. The molecule has 40 heavy (non-hydrogen) atoms. The number of amides is 7. The second-order valence-electron chi connectivity index (χ2n) is 8.63. The molecule has 1 atom stereocenters. The Balaban J connectivity index is 2.50. The van der Waals surface area contributed by atoms with E-state index in [-0.39, 0.29) is 37.7 Å². The van der Waals surface area contributed by atoms with E-state index in [2.05, 4.69) is 54.4 Å². The summed E-state index contributed by atoms with van der Waals surface area (Å²) in [5.41, 5.74) is 6.16. The largest absolute Gasteiger partial charge is 0.465 e. The van der Waals surface area contributed by atoms with Crippen LogP contribution in [-0.4, -0.2) is 71.9 Å². The summed E-state index contributed by atoms with van der Waals surface area (Å²) in [7, 11) is 0. The number of alkyl halides is 1. The van der Waals surface area contributed by atoms with Crippen molar-refractivity contribution in [3.05, 3.63) is 36.4 Å². The SMILES string of the molecule is C=C(CBr)C(=O)NCCCCCC(=O)NCC(=O)NC(CCCNC(N)=O)C(=O)Nc1ccc(NC(=O)O)cc1. The fourth-order valence-corrected chi connectivity index (χ4v) is 3.52. The van der Waals surface area contributed by atoms with Gasteiger partial charge in [0, 0.05) is 41.8 Å². The monoisotopic (exact) mass is 625 g/mol. The average Bonchev–Trinajstić information content (AvgIpc) is 2.91. The standard InChI is InChI=1S/C25H36BrN7O7/c1-16(14-26)22(36)28-12-4-2-3-7-20(34)30-15-21(35)33-19(6-5-13-29-24(27)38)23(37)31-17-8-10-18(11-9-17)32-25(39)40/h8-11,19,32H,1-7,12-15H2,(H,28,36)(H,30,34)(H,31,37)(H,33,35)(H,39,40)(H3,27,29,38). The van der Waals surface area contributed by atoms with Gasteiger partial charge in [0.1, 0.15) is 6.04 Å². The first kappa shape index (κ1) is 33.9. The van der Waals surface area contributed by atoms with Crippen LogP contribution in [0.15, 0.2) is 36.4 Å². The first-order chi connectivity index (χ1) is 19.0. The van der Waals surface area contributed by atoms with Gasteiger partial charge in [0.05, 0.1) is 6.54 Å². The molecule has 0 aromatic heterocycles. The summed E-state index contributed by atoms with van der Waals surface area (Å²) in [6.07, 6.45) is 1.44. The van der Waals surface area contributed by atoms with Crippen molar-refractivity contribution in [2.45, 2.75) is 44.6 Å². The molecule has 0 bridgehead atoms. The van der Waals surface area contributed by atoms with Gasteiger partial charge in [-0.3, -0.25) is 24.5 Å². The van der Waals surface area contributed by atoms with Crippen LogP contribution in [0.3, 0.4) is 0 Å². The van der Waals surface area contributed by atoms with Crippen molar-refractivity contribution in [3.63, 3.8) is 0 Å². The fraction of sp³-hybridized carbons (Fsp3) is 0.440. The Hall–Kier alpha value is -4.14. The molecule has 0 fully saturated rings. The molecule has 0 saturated carbocycles. The maximum absolute atomic E-state index is 12.8. The molecular weight excluding hydrogens is 590 g/mol. The summed E-state index contributed by atoms with van der Waals surface area (Å²) < 4.78 is 0. The maximum Gasteiger partial charge on any atom is 0.409 e. The first-order valence-electron chi connectivity index (χ1n) is 12.5. The number of primary amides is 1. The number of halogens is 1. The maximum atomic E-state index is 12.8. The smallest absolute Gasteiger partial charge is 0.409 e. The highest BCUT2D eigenvalue weighted by Crippen LogP contribution is 2.14. The molecule has 0 saturated heterocycles. The van der Waals surface area contributed by atoms with E-state index < -0.39 is 30.0 Å². The molecule has 15 heteroatoms. The van der Waals surface area contributed by atoms with Crippen LogP contribution in [-0.2, 0) is 19.2 Å². The van der Waals surface area contributed by atoms with Crippen LogP contribution >= 0.6 is 15.9 Å². The summed E-state index contributed by atoms with van der Waals surface area (Å²) in [4.78, 5) is 70.6. The van der Waals surface area contributed by atoms with Crippen molar-refractivity contribution in [1.29, 1.82) is 0 Å². The van der Waals surface area contributed by atoms with E-state index in [0.29, 0.717) is 54.5 Å². The Morgan fingerprint density at radius 2 is 1.48 bits per heavy atom. The number of carbonyl (C=O) groups is 6. The predicted octanol–water partition coefficient (Wildman–Crippen LogP) is 1.39. The van der Waals surface area contributed by atoms with Crippen molar-refractivity contribution in [1.82, 2.24) is 21.3 Å². The van der Waals surface area contributed by atoms with Gasteiger partial charge in [0.25, 0.3) is 0 Å².